The average Bonchev–Trinajstić information content (AvgIpc) is 2.42. The molecule has 1 heterocycles. The molecule has 2 N–H and O–H groups in total. The maximum Gasteiger partial charge on any atom is 0.348 e. The lowest BCUT2D eigenvalue weighted by Crippen LogP contribution is -2.54. The van der Waals surface area contributed by atoms with Gasteiger partial charge in [0.25, 0.3) is 0 Å². The fourth-order valence-electron chi connectivity index (χ4n) is 2.61. The highest BCUT2D eigenvalue weighted by Gasteiger charge is 2.54. The van der Waals surface area contributed by atoms with E-state index < -0.39 is 29.6 Å². The van der Waals surface area contributed by atoms with Crippen LogP contribution >= 0.6 is 0 Å². The monoisotopic (exact) mass is 256 g/mol. The van der Waals surface area contributed by atoms with Gasteiger partial charge in [0.05, 0.1) is 0 Å². The molecule has 2 fully saturated rings. The summed E-state index contributed by atoms with van der Waals surface area (Å²) in [6.07, 6.45) is -0.114. The molecule has 1 saturated heterocycles. The van der Waals surface area contributed by atoms with Crippen LogP contribution < -0.4 is 0 Å². The first-order valence-electron chi connectivity index (χ1n) is 6.11. The lowest BCUT2D eigenvalue weighted by molar-refractivity contribution is -0.191. The van der Waals surface area contributed by atoms with Crippen molar-refractivity contribution in [3.05, 3.63) is 0 Å². The minimum atomic E-state index is -2.27. The molecule has 0 aromatic heterocycles. The molecular formula is C12H16O6. The smallest absolute Gasteiger partial charge is 0.348 e. The van der Waals surface area contributed by atoms with Crippen molar-refractivity contribution in [2.75, 3.05) is 0 Å². The van der Waals surface area contributed by atoms with Crippen molar-refractivity contribution < 1.29 is 29.3 Å². The zero-order valence-electron chi connectivity index (χ0n) is 9.92. The Morgan fingerprint density at radius 2 is 1.89 bits per heavy atom. The van der Waals surface area contributed by atoms with E-state index in [0.717, 1.165) is 0 Å². The van der Waals surface area contributed by atoms with E-state index >= 15 is 0 Å². The summed E-state index contributed by atoms with van der Waals surface area (Å²) >= 11 is 0. The number of ether oxygens (including phenoxy) is 1. The second kappa shape index (κ2) is 4.78. The number of Topliss-reactive ketones (excluding diaryl/α,β-unsaturated/α-hetero) is 2. The highest BCUT2D eigenvalue weighted by atomic mass is 16.6. The number of carbonyl (C=O) groups is 3. The predicted molar refractivity (Wildman–Crippen MR) is 58.3 cm³/mol. The van der Waals surface area contributed by atoms with E-state index in [4.69, 9.17) is 0 Å². The number of ketones is 2. The number of rotatable bonds is 1. The van der Waals surface area contributed by atoms with Gasteiger partial charge >= 0.3 is 5.97 Å². The normalized spacial score (nSPS) is 38.2. The first-order chi connectivity index (χ1) is 8.44. The lowest BCUT2D eigenvalue weighted by Gasteiger charge is -2.33. The van der Waals surface area contributed by atoms with Crippen molar-refractivity contribution in [1.82, 2.24) is 0 Å². The van der Waals surface area contributed by atoms with Crippen LogP contribution in [0.1, 0.15) is 38.5 Å². The molecule has 1 aliphatic heterocycles. The maximum absolute atomic E-state index is 11.9. The Bertz CT molecular complexity index is 390. The van der Waals surface area contributed by atoms with Gasteiger partial charge in [-0.05, 0) is 12.8 Å². The van der Waals surface area contributed by atoms with Gasteiger partial charge in [0.2, 0.25) is 11.9 Å². The summed E-state index contributed by atoms with van der Waals surface area (Å²) in [5.41, 5.74) is -2.27. The van der Waals surface area contributed by atoms with Crippen LogP contribution in [0.5, 0.6) is 0 Å². The maximum atomic E-state index is 11.9. The van der Waals surface area contributed by atoms with Gasteiger partial charge in [0.15, 0.2) is 5.78 Å². The highest BCUT2D eigenvalue weighted by Crippen LogP contribution is 2.35. The summed E-state index contributed by atoms with van der Waals surface area (Å²) in [7, 11) is 0. The predicted octanol–water partition coefficient (Wildman–Crippen LogP) is -0.299. The van der Waals surface area contributed by atoms with Gasteiger partial charge in [-0.1, -0.05) is 0 Å². The number of carbonyl (C=O) groups excluding carboxylic acids is 3. The fraction of sp³-hybridized carbons (Fsp3) is 0.750. The number of hydrogen-bond donors (Lipinski definition) is 2. The van der Waals surface area contributed by atoms with Crippen LogP contribution in [0.2, 0.25) is 0 Å². The van der Waals surface area contributed by atoms with Gasteiger partial charge in [-0.25, -0.2) is 4.79 Å². The molecule has 2 rings (SSSR count). The first-order valence-corrected chi connectivity index (χ1v) is 6.11. The standard InChI is InChI=1S/C12H16O6/c13-8-3-1-2-7(6-8)12(17)9(14)4-5-10(15)18-11(12)16/h7,10,15,17H,1-6H2. The van der Waals surface area contributed by atoms with Gasteiger partial charge in [-0.15, -0.1) is 0 Å². The van der Waals surface area contributed by atoms with Crippen LogP contribution in [0, 0.1) is 5.92 Å². The lowest BCUT2D eigenvalue weighted by atomic mass is 9.73. The van der Waals surface area contributed by atoms with Crippen molar-refractivity contribution in [3.8, 4) is 0 Å². The summed E-state index contributed by atoms with van der Waals surface area (Å²) in [6.45, 7) is 0. The minimum absolute atomic E-state index is 0.00738. The molecule has 1 saturated carbocycles. The second-order valence-corrected chi connectivity index (χ2v) is 4.92. The number of esters is 1. The van der Waals surface area contributed by atoms with E-state index in [-0.39, 0.29) is 25.0 Å². The third kappa shape index (κ3) is 2.18. The Morgan fingerprint density at radius 3 is 2.56 bits per heavy atom. The summed E-state index contributed by atoms with van der Waals surface area (Å²) in [6, 6.07) is 0. The van der Waals surface area contributed by atoms with Crippen LogP contribution in [0.3, 0.4) is 0 Å². The minimum Gasteiger partial charge on any atom is -0.433 e. The molecule has 3 unspecified atom stereocenters. The van der Waals surface area contributed by atoms with Gasteiger partial charge in [-0.3, -0.25) is 9.59 Å². The Morgan fingerprint density at radius 1 is 1.17 bits per heavy atom. The Labute approximate surface area is 104 Å². The summed E-state index contributed by atoms with van der Waals surface area (Å²) in [4.78, 5) is 35.1. The van der Waals surface area contributed by atoms with Crippen LogP contribution in [0.25, 0.3) is 0 Å². The molecule has 2 aliphatic rings. The molecule has 0 aromatic rings. The molecule has 18 heavy (non-hydrogen) atoms. The van der Waals surface area contributed by atoms with Crippen LogP contribution in [-0.2, 0) is 19.1 Å². The summed E-state index contributed by atoms with van der Waals surface area (Å²) < 4.78 is 4.62. The summed E-state index contributed by atoms with van der Waals surface area (Å²) in [5.74, 6) is -2.59. The highest BCUT2D eigenvalue weighted by molar-refractivity contribution is 6.08. The van der Waals surface area contributed by atoms with Crippen molar-refractivity contribution in [2.24, 2.45) is 5.92 Å². The zero-order valence-corrected chi connectivity index (χ0v) is 9.92. The molecule has 0 amide bonds. The van der Waals surface area contributed by atoms with Crippen molar-refractivity contribution in [2.45, 2.75) is 50.4 Å². The number of aliphatic hydroxyl groups excluding tert-OH is 1. The third-order valence-electron chi connectivity index (χ3n) is 3.67. The van der Waals surface area contributed by atoms with E-state index in [2.05, 4.69) is 4.74 Å². The molecule has 6 nitrogen and oxygen atoms in total. The summed E-state index contributed by atoms with van der Waals surface area (Å²) in [5, 5.41) is 19.6. The molecule has 100 valence electrons. The Kier molecular flexibility index (Phi) is 3.49. The number of aliphatic hydroxyl groups is 2. The Hall–Kier alpha value is -1.27. The molecule has 1 aliphatic carbocycles. The topological polar surface area (TPSA) is 101 Å². The van der Waals surface area contributed by atoms with Gasteiger partial charge < -0.3 is 14.9 Å². The van der Waals surface area contributed by atoms with Crippen molar-refractivity contribution in [1.29, 1.82) is 0 Å². The molecular weight excluding hydrogens is 240 g/mol. The van der Waals surface area contributed by atoms with E-state index in [1.165, 1.54) is 0 Å². The number of cyclic esters (lactones) is 1. The van der Waals surface area contributed by atoms with E-state index in [0.29, 0.717) is 19.3 Å². The van der Waals surface area contributed by atoms with Gasteiger partial charge in [0.1, 0.15) is 5.78 Å². The van der Waals surface area contributed by atoms with E-state index in [9.17, 15) is 24.6 Å². The third-order valence-corrected chi connectivity index (χ3v) is 3.67. The van der Waals surface area contributed by atoms with Crippen LogP contribution in [0.4, 0.5) is 0 Å². The average molecular weight is 256 g/mol. The quantitative estimate of drug-likeness (QED) is 0.493. The molecule has 0 bridgehead atoms. The van der Waals surface area contributed by atoms with E-state index in [1.54, 1.807) is 0 Å². The van der Waals surface area contributed by atoms with E-state index in [1.807, 2.05) is 0 Å². The van der Waals surface area contributed by atoms with Gasteiger partial charge in [-0.2, -0.15) is 0 Å². The molecule has 0 spiro atoms. The molecule has 6 heteroatoms. The molecule has 0 radical (unpaired) electrons. The van der Waals surface area contributed by atoms with Crippen molar-refractivity contribution >= 4 is 17.5 Å². The SMILES string of the molecule is O=C1CCCC(C2(O)C(=O)CCC(O)OC2=O)C1. The van der Waals surface area contributed by atoms with Gasteiger partial charge in [0, 0.05) is 31.6 Å². The zero-order chi connectivity index (χ0) is 13.3. The largest absolute Gasteiger partial charge is 0.433 e. The van der Waals surface area contributed by atoms with Crippen LogP contribution in [0.15, 0.2) is 0 Å². The first kappa shape index (κ1) is 13.2. The number of hydrogen-bond acceptors (Lipinski definition) is 6. The fourth-order valence-corrected chi connectivity index (χ4v) is 2.61. The Balaban J connectivity index is 2.27. The van der Waals surface area contributed by atoms with Crippen LogP contribution in [-0.4, -0.2) is 39.6 Å². The van der Waals surface area contributed by atoms with Crippen molar-refractivity contribution in [3.63, 3.8) is 0 Å². The molecule has 3 atom stereocenters. The molecule has 0 aromatic carbocycles. The second-order valence-electron chi connectivity index (χ2n) is 4.92.